The highest BCUT2D eigenvalue weighted by molar-refractivity contribution is 9.10. The van der Waals surface area contributed by atoms with Gasteiger partial charge in [0.15, 0.2) is 0 Å². The summed E-state index contributed by atoms with van der Waals surface area (Å²) in [5.74, 6) is 0.210. The number of phenols is 1. The van der Waals surface area contributed by atoms with Crippen molar-refractivity contribution < 1.29 is 5.11 Å². The Morgan fingerprint density at radius 1 is 1.00 bits per heavy atom. The third-order valence-corrected chi connectivity index (χ3v) is 5.34. The molecule has 4 rings (SSSR count). The van der Waals surface area contributed by atoms with E-state index >= 15 is 0 Å². The molecule has 0 aliphatic carbocycles. The van der Waals surface area contributed by atoms with E-state index in [0.29, 0.717) is 5.56 Å². The van der Waals surface area contributed by atoms with Crippen LogP contribution in [-0.2, 0) is 0 Å². The fourth-order valence-corrected chi connectivity index (χ4v) is 3.72. The van der Waals surface area contributed by atoms with E-state index in [-0.39, 0.29) is 5.75 Å². The van der Waals surface area contributed by atoms with Gasteiger partial charge in [0.25, 0.3) is 0 Å². The maximum Gasteiger partial charge on any atom is 0.128 e. The molecule has 5 heteroatoms. The average molecular weight is 409 g/mol. The van der Waals surface area contributed by atoms with Crippen molar-refractivity contribution >= 4 is 49.4 Å². The molecule has 0 unspecified atom stereocenters. The summed E-state index contributed by atoms with van der Waals surface area (Å²) in [7, 11) is 0. The Balaban J connectivity index is 1.69. The monoisotopic (exact) mass is 408 g/mol. The van der Waals surface area contributed by atoms with E-state index in [1.807, 2.05) is 54.6 Å². The lowest BCUT2D eigenvalue weighted by Gasteiger charge is -2.02. The highest BCUT2D eigenvalue weighted by atomic mass is 79.9. The number of para-hydroxylation sites is 1. The molecule has 1 N–H and O–H groups in total. The fraction of sp³-hybridized carbons (Fsp3) is 0. The van der Waals surface area contributed by atoms with Gasteiger partial charge in [-0.1, -0.05) is 40.2 Å². The van der Waals surface area contributed by atoms with Crippen LogP contribution in [0.2, 0.25) is 0 Å². The summed E-state index contributed by atoms with van der Waals surface area (Å²) in [6, 6.07) is 21.2. The van der Waals surface area contributed by atoms with Crippen LogP contribution in [0.3, 0.4) is 0 Å². The maximum absolute atomic E-state index is 10.2. The van der Waals surface area contributed by atoms with Crippen LogP contribution >= 0.6 is 27.3 Å². The normalized spacial score (nSPS) is 11.4. The van der Waals surface area contributed by atoms with Crippen LogP contribution < -0.4 is 0 Å². The van der Waals surface area contributed by atoms with E-state index < -0.39 is 0 Å². The third kappa shape index (κ3) is 3.48. The summed E-state index contributed by atoms with van der Waals surface area (Å²) >= 11 is 4.98. The molecule has 25 heavy (non-hydrogen) atoms. The van der Waals surface area contributed by atoms with Gasteiger partial charge in [-0.05, 0) is 48.0 Å². The van der Waals surface area contributed by atoms with Crippen LogP contribution in [-0.4, -0.2) is 16.3 Å². The first-order valence-electron chi connectivity index (χ1n) is 7.68. The second-order valence-corrected chi connectivity index (χ2v) is 7.44. The van der Waals surface area contributed by atoms with Gasteiger partial charge in [0.05, 0.1) is 21.5 Å². The molecule has 0 fully saturated rings. The van der Waals surface area contributed by atoms with Crippen molar-refractivity contribution in [1.29, 1.82) is 0 Å². The van der Waals surface area contributed by atoms with Gasteiger partial charge in [0.1, 0.15) is 10.8 Å². The zero-order valence-electron chi connectivity index (χ0n) is 13.1. The molecule has 0 saturated carbocycles. The Morgan fingerprint density at radius 2 is 1.80 bits per heavy atom. The molecular weight excluding hydrogens is 396 g/mol. The fourth-order valence-electron chi connectivity index (χ4n) is 2.46. The van der Waals surface area contributed by atoms with Crippen molar-refractivity contribution in [2.24, 2.45) is 4.99 Å². The van der Waals surface area contributed by atoms with Crippen LogP contribution in [0.4, 0.5) is 5.69 Å². The molecule has 0 atom stereocenters. The summed E-state index contributed by atoms with van der Waals surface area (Å²) in [5.41, 5.74) is 3.42. The van der Waals surface area contributed by atoms with Crippen molar-refractivity contribution in [2.75, 3.05) is 0 Å². The number of benzene rings is 3. The number of nitrogens with zero attached hydrogens (tertiary/aromatic N) is 2. The van der Waals surface area contributed by atoms with Gasteiger partial charge in [0, 0.05) is 10.7 Å². The zero-order chi connectivity index (χ0) is 17.2. The molecular formula is C20H13BrN2OS. The predicted molar refractivity (Wildman–Crippen MR) is 108 cm³/mol. The van der Waals surface area contributed by atoms with Crippen LogP contribution in [0, 0.1) is 0 Å². The molecule has 1 heterocycles. The summed E-state index contributed by atoms with van der Waals surface area (Å²) in [5, 5.41) is 11.0. The minimum absolute atomic E-state index is 0.210. The smallest absolute Gasteiger partial charge is 0.128 e. The lowest BCUT2D eigenvalue weighted by molar-refractivity contribution is 0.477. The molecule has 0 spiro atoms. The minimum Gasteiger partial charge on any atom is -0.507 e. The lowest BCUT2D eigenvalue weighted by Crippen LogP contribution is -1.81. The average Bonchev–Trinajstić information content (AvgIpc) is 3.06. The van der Waals surface area contributed by atoms with Crippen LogP contribution in [0.5, 0.6) is 5.75 Å². The van der Waals surface area contributed by atoms with Gasteiger partial charge in [0.2, 0.25) is 0 Å². The van der Waals surface area contributed by atoms with E-state index in [0.717, 1.165) is 30.9 Å². The number of hydrogen-bond acceptors (Lipinski definition) is 4. The standard InChI is InChI=1S/C20H13BrN2OS/c21-14-7-5-13(6-8-14)12-22-15-9-10-18(24)16(11-15)20-23-17-3-1-2-4-19(17)25-20/h1-12,24H. The zero-order valence-corrected chi connectivity index (χ0v) is 15.5. The summed E-state index contributed by atoms with van der Waals surface area (Å²) in [6.45, 7) is 0. The second-order valence-electron chi connectivity index (χ2n) is 5.50. The number of rotatable bonds is 3. The Bertz CT molecular complexity index is 1040. The van der Waals surface area contributed by atoms with Gasteiger partial charge in [-0.2, -0.15) is 0 Å². The Labute approximate surface area is 157 Å². The molecule has 0 saturated heterocycles. The van der Waals surface area contributed by atoms with Crippen LogP contribution in [0.1, 0.15) is 5.56 Å². The largest absolute Gasteiger partial charge is 0.507 e. The maximum atomic E-state index is 10.2. The van der Waals surface area contributed by atoms with Crippen molar-refractivity contribution in [3.05, 3.63) is 76.8 Å². The van der Waals surface area contributed by atoms with Gasteiger partial charge in [-0.25, -0.2) is 4.98 Å². The van der Waals surface area contributed by atoms with E-state index in [1.54, 1.807) is 29.7 Å². The first-order valence-corrected chi connectivity index (χ1v) is 9.28. The number of aromatic nitrogens is 1. The van der Waals surface area contributed by atoms with E-state index in [1.165, 1.54) is 0 Å². The second kappa shape index (κ2) is 6.78. The Kier molecular flexibility index (Phi) is 4.34. The van der Waals surface area contributed by atoms with E-state index in [4.69, 9.17) is 0 Å². The molecule has 0 bridgehead atoms. The summed E-state index contributed by atoms with van der Waals surface area (Å²) in [6.07, 6.45) is 1.81. The minimum atomic E-state index is 0.210. The first kappa shape index (κ1) is 16.0. The van der Waals surface area contributed by atoms with Crippen molar-refractivity contribution in [1.82, 2.24) is 4.98 Å². The topological polar surface area (TPSA) is 45.5 Å². The molecule has 4 aromatic rings. The third-order valence-electron chi connectivity index (χ3n) is 3.74. The predicted octanol–water partition coefficient (Wildman–Crippen LogP) is 6.18. The van der Waals surface area contributed by atoms with E-state index in [2.05, 4.69) is 25.9 Å². The van der Waals surface area contributed by atoms with Gasteiger partial charge in [-0.15, -0.1) is 11.3 Å². The van der Waals surface area contributed by atoms with E-state index in [9.17, 15) is 5.11 Å². The lowest BCUT2D eigenvalue weighted by atomic mass is 10.2. The number of halogens is 1. The highest BCUT2D eigenvalue weighted by Crippen LogP contribution is 2.37. The number of thiazole rings is 1. The van der Waals surface area contributed by atoms with Crippen molar-refractivity contribution in [3.63, 3.8) is 0 Å². The molecule has 0 aliphatic rings. The summed E-state index contributed by atoms with van der Waals surface area (Å²) in [4.78, 5) is 9.13. The molecule has 0 aliphatic heterocycles. The molecule has 0 amide bonds. The quantitative estimate of drug-likeness (QED) is 0.411. The number of phenolic OH excluding ortho intramolecular Hbond substituents is 1. The van der Waals surface area contributed by atoms with Crippen molar-refractivity contribution in [2.45, 2.75) is 0 Å². The Morgan fingerprint density at radius 3 is 2.60 bits per heavy atom. The SMILES string of the molecule is Oc1ccc(N=Cc2ccc(Br)cc2)cc1-c1nc2ccccc2s1. The number of hydrogen-bond donors (Lipinski definition) is 1. The molecule has 3 nitrogen and oxygen atoms in total. The first-order chi connectivity index (χ1) is 12.2. The van der Waals surface area contributed by atoms with Gasteiger partial charge >= 0.3 is 0 Å². The Hall–Kier alpha value is -2.50. The number of aromatic hydroxyl groups is 1. The molecule has 0 radical (unpaired) electrons. The van der Waals surface area contributed by atoms with Crippen LogP contribution in [0.15, 0.2) is 76.2 Å². The molecule has 1 aromatic heterocycles. The van der Waals surface area contributed by atoms with Crippen LogP contribution in [0.25, 0.3) is 20.8 Å². The van der Waals surface area contributed by atoms with Gasteiger partial charge < -0.3 is 5.11 Å². The number of aliphatic imine (C=N–C) groups is 1. The molecule has 3 aromatic carbocycles. The van der Waals surface area contributed by atoms with Crippen molar-refractivity contribution in [3.8, 4) is 16.3 Å². The van der Waals surface area contributed by atoms with Gasteiger partial charge in [-0.3, -0.25) is 4.99 Å². The summed E-state index contributed by atoms with van der Waals surface area (Å²) < 4.78 is 2.13. The number of fused-ring (bicyclic) bond motifs is 1. The highest BCUT2D eigenvalue weighted by Gasteiger charge is 2.11. The molecule has 122 valence electrons.